The Labute approximate surface area is 321 Å². The zero-order chi connectivity index (χ0) is 35.9. The molecule has 0 amide bonds. The lowest BCUT2D eigenvalue weighted by Gasteiger charge is -2.35. The smallest absolute Gasteiger partial charge is 0.179 e. The van der Waals surface area contributed by atoms with Gasteiger partial charge in [0.1, 0.15) is 5.82 Å². The Morgan fingerprint density at radius 3 is 1.57 bits per heavy atom. The van der Waals surface area contributed by atoms with Crippen molar-refractivity contribution in [2.45, 2.75) is 10.6 Å². The third kappa shape index (κ3) is 5.54. The van der Waals surface area contributed by atoms with Crippen molar-refractivity contribution in [3.63, 3.8) is 0 Å². The quantitative estimate of drug-likeness (QED) is 0.120. The third-order valence-corrected chi connectivity index (χ3v) is 16.6. The van der Waals surface area contributed by atoms with Crippen LogP contribution in [0, 0.1) is 0 Å². The largest absolute Gasteiger partial charge is 0.294 e. The van der Waals surface area contributed by atoms with E-state index in [2.05, 4.69) is 211 Å². The van der Waals surface area contributed by atoms with Crippen LogP contribution in [0.5, 0.6) is 0 Å². The summed E-state index contributed by atoms with van der Waals surface area (Å²) in [5.41, 5.74) is 10.6. The maximum Gasteiger partial charge on any atom is 0.179 e. The highest BCUT2D eigenvalue weighted by molar-refractivity contribution is 7.98. The van der Waals surface area contributed by atoms with Gasteiger partial charge in [0.25, 0.3) is 0 Å². The Morgan fingerprint density at radius 2 is 0.926 bits per heavy atom. The van der Waals surface area contributed by atoms with Crippen molar-refractivity contribution in [3.8, 4) is 39.1 Å². The topological polar surface area (TPSA) is 17.8 Å². The van der Waals surface area contributed by atoms with Gasteiger partial charge in [-0.3, -0.25) is 4.57 Å². The number of rotatable bonds is 7. The van der Waals surface area contributed by atoms with Crippen LogP contribution in [0.15, 0.2) is 211 Å². The molecule has 0 atom stereocenters. The molecule has 9 aromatic rings. The van der Waals surface area contributed by atoms with Gasteiger partial charge in [0, 0.05) is 4.90 Å². The second kappa shape index (κ2) is 13.6. The van der Waals surface area contributed by atoms with Gasteiger partial charge < -0.3 is 0 Å². The summed E-state index contributed by atoms with van der Waals surface area (Å²) >= 11 is 1.87. The molecule has 256 valence electrons. The number of fused-ring (bicyclic) bond motifs is 5. The predicted molar refractivity (Wildman–Crippen MR) is 231 cm³/mol. The van der Waals surface area contributed by atoms with Gasteiger partial charge in [-0.1, -0.05) is 176 Å². The van der Waals surface area contributed by atoms with Crippen LogP contribution < -0.4 is 20.7 Å². The zero-order valence-electron chi connectivity index (χ0n) is 29.6. The normalized spacial score (nSPS) is 12.3. The molecular formula is C50H36N2SSi. The van der Waals surface area contributed by atoms with E-state index < -0.39 is 8.07 Å². The first-order valence-electron chi connectivity index (χ1n) is 18.5. The molecule has 0 saturated heterocycles. The average molecular weight is 725 g/mol. The molecule has 0 spiro atoms. The number of para-hydroxylation sites is 1. The Hall–Kier alpha value is -6.20. The summed E-state index contributed by atoms with van der Waals surface area (Å²) in [4.78, 5) is 6.48. The summed E-state index contributed by atoms with van der Waals surface area (Å²) in [6, 6.07) is 76.2. The van der Waals surface area contributed by atoms with Crippen LogP contribution in [-0.4, -0.2) is 17.6 Å². The number of hydrogen-bond donors (Lipinski definition) is 0. The minimum Gasteiger partial charge on any atom is -0.294 e. The summed E-state index contributed by atoms with van der Waals surface area (Å²) in [6.45, 7) is 0. The molecule has 0 aliphatic carbocycles. The van der Waals surface area contributed by atoms with E-state index in [1.807, 2.05) is 11.8 Å². The highest BCUT2D eigenvalue weighted by atomic mass is 32.2. The molecule has 0 saturated carbocycles. The molecule has 0 N–H and O–H groups in total. The molecule has 0 radical (unpaired) electrons. The highest BCUT2D eigenvalue weighted by Crippen LogP contribution is 2.38. The first-order valence-corrected chi connectivity index (χ1v) is 21.5. The zero-order valence-corrected chi connectivity index (χ0v) is 31.5. The molecule has 1 aliphatic rings. The van der Waals surface area contributed by atoms with Crippen LogP contribution in [0.1, 0.15) is 5.82 Å². The van der Waals surface area contributed by atoms with E-state index in [4.69, 9.17) is 4.98 Å². The second-order valence-electron chi connectivity index (χ2n) is 13.9. The first kappa shape index (κ1) is 32.4. The molecule has 1 aromatic heterocycles. The maximum absolute atomic E-state index is 5.18. The summed E-state index contributed by atoms with van der Waals surface area (Å²) in [5, 5.41) is 5.40. The standard InChI is InChI=1S/C50H36N2SSi/c1-5-16-36(17-6-1)40-30-41(37-18-7-2-8-19-37)33-45(32-40)54(42-21-9-3-10-22-42,43-23-11-4-12-24-43)44-25-15-20-38(31-44)39-28-29-47-46(34-39)51-50-35-53-49-27-14-13-26-48(49)52(47)50/h1-34H,35H2. The molecular weight excluding hydrogens is 689 g/mol. The predicted octanol–water partition coefficient (Wildman–Crippen LogP) is 10.0. The van der Waals surface area contributed by atoms with Crippen molar-refractivity contribution in [1.82, 2.24) is 9.55 Å². The van der Waals surface area contributed by atoms with Crippen LogP contribution >= 0.6 is 11.8 Å². The number of nitrogens with zero attached hydrogens (tertiary/aromatic N) is 2. The molecule has 2 nitrogen and oxygen atoms in total. The molecule has 1 aliphatic heterocycles. The van der Waals surface area contributed by atoms with Crippen LogP contribution in [0.25, 0.3) is 50.1 Å². The van der Waals surface area contributed by atoms with Crippen molar-refractivity contribution in [2.75, 3.05) is 0 Å². The van der Waals surface area contributed by atoms with Gasteiger partial charge >= 0.3 is 0 Å². The highest BCUT2D eigenvalue weighted by Gasteiger charge is 2.42. The fraction of sp³-hybridized carbons (Fsp3) is 0.0200. The van der Waals surface area contributed by atoms with E-state index in [1.54, 1.807) is 0 Å². The molecule has 0 unspecified atom stereocenters. The van der Waals surface area contributed by atoms with E-state index in [-0.39, 0.29) is 0 Å². The van der Waals surface area contributed by atoms with Gasteiger partial charge in [-0.15, -0.1) is 11.8 Å². The van der Waals surface area contributed by atoms with Crippen molar-refractivity contribution in [2.24, 2.45) is 0 Å². The van der Waals surface area contributed by atoms with E-state index in [0.29, 0.717) is 0 Å². The van der Waals surface area contributed by atoms with E-state index in [9.17, 15) is 0 Å². The lowest BCUT2D eigenvalue weighted by Crippen LogP contribution is -2.74. The van der Waals surface area contributed by atoms with Gasteiger partial charge in [0.15, 0.2) is 8.07 Å². The summed E-state index contributed by atoms with van der Waals surface area (Å²) in [5.74, 6) is 1.97. The fourth-order valence-electron chi connectivity index (χ4n) is 8.33. The lowest BCUT2D eigenvalue weighted by molar-refractivity contribution is 0.945. The van der Waals surface area contributed by atoms with E-state index in [1.165, 1.54) is 64.7 Å². The molecule has 10 rings (SSSR count). The maximum atomic E-state index is 5.18. The van der Waals surface area contributed by atoms with Crippen LogP contribution in [0.4, 0.5) is 0 Å². The lowest BCUT2D eigenvalue weighted by atomic mass is 9.99. The van der Waals surface area contributed by atoms with Crippen molar-refractivity contribution in [1.29, 1.82) is 0 Å². The molecule has 54 heavy (non-hydrogen) atoms. The Bertz CT molecular complexity index is 2660. The first-order chi connectivity index (χ1) is 26.8. The van der Waals surface area contributed by atoms with Gasteiger partial charge in [-0.2, -0.15) is 0 Å². The van der Waals surface area contributed by atoms with Crippen molar-refractivity contribution in [3.05, 3.63) is 212 Å². The molecule has 2 heterocycles. The number of imidazole rings is 1. The number of thioether (sulfide) groups is 1. The summed E-state index contributed by atoms with van der Waals surface area (Å²) in [7, 11) is -2.92. The fourth-order valence-corrected chi connectivity index (χ4v) is 14.1. The summed E-state index contributed by atoms with van der Waals surface area (Å²) < 4.78 is 2.34. The molecule has 4 heteroatoms. The Kier molecular flexibility index (Phi) is 8.20. The molecule has 0 bridgehead atoms. The average Bonchev–Trinajstić information content (AvgIpc) is 3.64. The number of benzene rings is 8. The number of aromatic nitrogens is 2. The van der Waals surface area contributed by atoms with Crippen LogP contribution in [0.3, 0.4) is 0 Å². The van der Waals surface area contributed by atoms with Crippen molar-refractivity contribution < 1.29 is 0 Å². The van der Waals surface area contributed by atoms with E-state index in [0.717, 1.165) is 22.6 Å². The van der Waals surface area contributed by atoms with Gasteiger partial charge in [-0.05, 0) is 84.5 Å². The van der Waals surface area contributed by atoms with E-state index >= 15 is 0 Å². The second-order valence-corrected chi connectivity index (χ2v) is 18.7. The third-order valence-electron chi connectivity index (χ3n) is 10.8. The SMILES string of the molecule is c1ccc(-c2cc(-c3ccccc3)cc([Si](c3ccccc3)(c3ccccc3)c3cccc(-c4ccc5c(c4)nc4n5-c5ccccc5SC4)c3)c2)cc1. The Morgan fingerprint density at radius 1 is 0.407 bits per heavy atom. The minimum atomic E-state index is -2.92. The van der Waals surface area contributed by atoms with Gasteiger partial charge in [-0.25, -0.2) is 4.98 Å². The van der Waals surface area contributed by atoms with Gasteiger partial charge in [0.05, 0.1) is 22.5 Å². The monoisotopic (exact) mass is 724 g/mol. The number of hydrogen-bond acceptors (Lipinski definition) is 2. The summed E-state index contributed by atoms with van der Waals surface area (Å²) in [6.07, 6.45) is 0. The minimum absolute atomic E-state index is 0.867. The van der Waals surface area contributed by atoms with Crippen molar-refractivity contribution >= 4 is 51.6 Å². The Balaban J connectivity index is 1.21. The molecule has 8 aromatic carbocycles. The van der Waals surface area contributed by atoms with Crippen LogP contribution in [0.2, 0.25) is 0 Å². The van der Waals surface area contributed by atoms with Crippen LogP contribution in [-0.2, 0) is 5.75 Å². The molecule has 0 fully saturated rings. The van der Waals surface area contributed by atoms with Gasteiger partial charge in [0.2, 0.25) is 0 Å².